The van der Waals surface area contributed by atoms with E-state index < -0.39 is 0 Å². The van der Waals surface area contributed by atoms with Gasteiger partial charge in [-0.1, -0.05) is 20.8 Å². The molecule has 0 saturated heterocycles. The van der Waals surface area contributed by atoms with Gasteiger partial charge in [-0.05, 0) is 48.6 Å². The molecule has 25 heavy (non-hydrogen) atoms. The summed E-state index contributed by atoms with van der Waals surface area (Å²) in [5, 5.41) is 0. The molecule has 130 valence electrons. The van der Waals surface area contributed by atoms with Gasteiger partial charge in [-0.15, -0.1) is 0 Å². The van der Waals surface area contributed by atoms with E-state index in [2.05, 4.69) is 31.8 Å². The number of carbonyl (C=O) groups is 1. The largest absolute Gasteiger partial charge is 0.497 e. The van der Waals surface area contributed by atoms with Crippen molar-refractivity contribution in [2.45, 2.75) is 51.4 Å². The Kier molecular flexibility index (Phi) is 3.34. The number of ether oxygens (including phenoxy) is 1. The first-order valence-corrected chi connectivity index (χ1v) is 8.82. The van der Waals surface area contributed by atoms with Crippen molar-refractivity contribution < 1.29 is 9.53 Å². The lowest BCUT2D eigenvalue weighted by Crippen LogP contribution is -2.53. The molecule has 2 atom stereocenters. The molecule has 1 aromatic heterocycles. The third-order valence-corrected chi connectivity index (χ3v) is 6.33. The molecule has 0 spiro atoms. The van der Waals surface area contributed by atoms with Crippen molar-refractivity contribution in [2.75, 3.05) is 7.11 Å². The molecule has 0 saturated carbocycles. The van der Waals surface area contributed by atoms with E-state index in [0.717, 1.165) is 34.8 Å². The Morgan fingerprint density at radius 3 is 2.72 bits per heavy atom. The van der Waals surface area contributed by atoms with Gasteiger partial charge < -0.3 is 4.74 Å². The number of Topliss-reactive ketones (excluding diaryl/α,β-unsaturated/α-hetero) is 1. The molecule has 0 fully saturated rings. The second-order valence-corrected chi connectivity index (χ2v) is 8.20. The maximum absolute atomic E-state index is 12.9. The number of hydrogen-bond donors (Lipinski definition) is 0. The lowest BCUT2D eigenvalue weighted by Gasteiger charge is -2.53. The predicted octanol–water partition coefficient (Wildman–Crippen LogP) is 3.79. The van der Waals surface area contributed by atoms with Crippen LogP contribution >= 0.6 is 0 Å². The van der Waals surface area contributed by atoms with Crippen LogP contribution in [0, 0.1) is 12.8 Å². The maximum atomic E-state index is 12.9. The van der Waals surface area contributed by atoms with Gasteiger partial charge in [0, 0.05) is 29.0 Å². The molecule has 2 aromatic rings. The van der Waals surface area contributed by atoms with Gasteiger partial charge in [0.15, 0.2) is 5.78 Å². The Balaban J connectivity index is 1.97. The first kappa shape index (κ1) is 16.2. The summed E-state index contributed by atoms with van der Waals surface area (Å²) in [5.41, 5.74) is 3.91. The molecule has 4 rings (SSSR count). The Morgan fingerprint density at radius 2 is 2.00 bits per heavy atom. The van der Waals surface area contributed by atoms with E-state index in [1.807, 2.05) is 25.3 Å². The number of ketones is 1. The summed E-state index contributed by atoms with van der Waals surface area (Å²) in [6, 6.07) is 5.86. The Morgan fingerprint density at radius 1 is 1.24 bits per heavy atom. The molecule has 1 unspecified atom stereocenters. The van der Waals surface area contributed by atoms with E-state index >= 15 is 0 Å². The van der Waals surface area contributed by atoms with Gasteiger partial charge in [-0.3, -0.25) is 4.79 Å². The van der Waals surface area contributed by atoms with Gasteiger partial charge in [0.2, 0.25) is 0 Å². The van der Waals surface area contributed by atoms with E-state index in [4.69, 9.17) is 9.72 Å². The molecule has 2 aliphatic rings. The summed E-state index contributed by atoms with van der Waals surface area (Å²) >= 11 is 0. The van der Waals surface area contributed by atoms with Crippen molar-refractivity contribution >= 4 is 5.78 Å². The molecule has 0 amide bonds. The van der Waals surface area contributed by atoms with Crippen LogP contribution in [0.3, 0.4) is 0 Å². The Labute approximate surface area is 148 Å². The van der Waals surface area contributed by atoms with E-state index in [-0.39, 0.29) is 22.5 Å². The van der Waals surface area contributed by atoms with Crippen molar-refractivity contribution in [1.82, 2.24) is 9.97 Å². The quantitative estimate of drug-likeness (QED) is 0.795. The average Bonchev–Trinajstić information content (AvgIpc) is 2.58. The highest BCUT2D eigenvalue weighted by molar-refractivity contribution is 6.00. The fourth-order valence-electron chi connectivity index (χ4n) is 5.09. The highest BCUT2D eigenvalue weighted by Crippen LogP contribution is 2.56. The first-order valence-electron chi connectivity index (χ1n) is 8.82. The molecule has 0 N–H and O–H groups in total. The lowest BCUT2D eigenvalue weighted by atomic mass is 9.50. The zero-order valence-electron chi connectivity index (χ0n) is 15.5. The molecule has 1 heterocycles. The minimum Gasteiger partial charge on any atom is -0.497 e. The van der Waals surface area contributed by atoms with Crippen LogP contribution in [-0.2, 0) is 17.3 Å². The number of methoxy groups -OCH3 is 1. The summed E-state index contributed by atoms with van der Waals surface area (Å²) in [6.07, 6.45) is 3.38. The fraction of sp³-hybridized carbons (Fsp3) is 0.476. The Bertz CT molecular complexity index is 887. The van der Waals surface area contributed by atoms with Crippen molar-refractivity contribution in [3.8, 4) is 5.75 Å². The summed E-state index contributed by atoms with van der Waals surface area (Å²) in [4.78, 5) is 22.1. The van der Waals surface area contributed by atoms with Gasteiger partial charge in [-0.25, -0.2) is 9.97 Å². The van der Waals surface area contributed by atoms with Gasteiger partial charge in [-0.2, -0.15) is 0 Å². The molecular weight excluding hydrogens is 312 g/mol. The van der Waals surface area contributed by atoms with E-state index in [0.29, 0.717) is 6.42 Å². The van der Waals surface area contributed by atoms with Crippen LogP contribution < -0.4 is 4.74 Å². The van der Waals surface area contributed by atoms with E-state index in [1.165, 1.54) is 5.56 Å². The molecule has 0 radical (unpaired) electrons. The van der Waals surface area contributed by atoms with Crippen LogP contribution in [0.1, 0.15) is 60.2 Å². The van der Waals surface area contributed by atoms with E-state index in [9.17, 15) is 4.79 Å². The summed E-state index contributed by atoms with van der Waals surface area (Å²) in [6.45, 7) is 8.65. The maximum Gasteiger partial charge on any atom is 0.163 e. The second kappa shape index (κ2) is 5.13. The van der Waals surface area contributed by atoms with Crippen LogP contribution in [0.2, 0.25) is 0 Å². The minimum absolute atomic E-state index is 0.132. The van der Waals surface area contributed by atoms with Gasteiger partial charge in [0.25, 0.3) is 0 Å². The number of rotatable bonds is 1. The van der Waals surface area contributed by atoms with Crippen molar-refractivity contribution in [3.63, 3.8) is 0 Å². The zero-order valence-corrected chi connectivity index (χ0v) is 15.5. The number of carbonyl (C=O) groups excluding carboxylic acids is 1. The van der Waals surface area contributed by atoms with Gasteiger partial charge in [0.1, 0.15) is 11.6 Å². The van der Waals surface area contributed by atoms with Crippen molar-refractivity contribution in [2.24, 2.45) is 5.92 Å². The molecule has 2 aliphatic carbocycles. The highest BCUT2D eigenvalue weighted by Gasteiger charge is 2.54. The monoisotopic (exact) mass is 336 g/mol. The topological polar surface area (TPSA) is 52.1 Å². The number of fused-ring (bicyclic) bond motifs is 4. The SMILES string of the molecule is COc1ccc2c(c1)[C@@]1(C)Cc3cnc(C)nc3C(C)(C)C1CC2=O. The molecule has 4 nitrogen and oxygen atoms in total. The first-order chi connectivity index (χ1) is 11.8. The molecule has 4 heteroatoms. The number of aromatic nitrogens is 2. The van der Waals surface area contributed by atoms with Gasteiger partial charge in [0.05, 0.1) is 12.8 Å². The molecule has 0 aliphatic heterocycles. The molecular formula is C21H24N2O2. The predicted molar refractivity (Wildman–Crippen MR) is 96.3 cm³/mol. The van der Waals surface area contributed by atoms with E-state index in [1.54, 1.807) is 7.11 Å². The number of hydrogen-bond acceptors (Lipinski definition) is 4. The third-order valence-electron chi connectivity index (χ3n) is 6.33. The highest BCUT2D eigenvalue weighted by atomic mass is 16.5. The molecule has 1 aromatic carbocycles. The summed E-state index contributed by atoms with van der Waals surface area (Å²) in [7, 11) is 1.67. The normalized spacial score (nSPS) is 26.4. The van der Waals surface area contributed by atoms with Crippen LogP contribution in [0.4, 0.5) is 0 Å². The summed E-state index contributed by atoms with van der Waals surface area (Å²) < 4.78 is 5.44. The second-order valence-electron chi connectivity index (χ2n) is 8.20. The van der Waals surface area contributed by atoms with Crippen LogP contribution in [0.5, 0.6) is 5.75 Å². The molecule has 0 bridgehead atoms. The van der Waals surface area contributed by atoms with Crippen LogP contribution in [0.25, 0.3) is 0 Å². The van der Waals surface area contributed by atoms with Crippen LogP contribution in [-0.4, -0.2) is 22.9 Å². The fourth-order valence-corrected chi connectivity index (χ4v) is 5.09. The summed E-state index contributed by atoms with van der Waals surface area (Å²) in [5.74, 6) is 2.02. The Hall–Kier alpha value is -2.23. The zero-order chi connectivity index (χ0) is 18.0. The standard InChI is InChI=1S/C21H24N2O2/c1-12-22-11-13-10-21(4)16-8-14(25-5)6-7-15(16)17(24)9-18(21)20(2,3)19(13)23-12/h6-8,11,18H,9-10H2,1-5H3/t18?,21-/m1/s1. The lowest BCUT2D eigenvalue weighted by molar-refractivity contribution is 0.0789. The number of aryl methyl sites for hydroxylation is 1. The van der Waals surface area contributed by atoms with Crippen LogP contribution in [0.15, 0.2) is 24.4 Å². The van der Waals surface area contributed by atoms with Crippen molar-refractivity contribution in [3.05, 3.63) is 52.6 Å². The average molecular weight is 336 g/mol. The van der Waals surface area contributed by atoms with Crippen molar-refractivity contribution in [1.29, 1.82) is 0 Å². The number of benzene rings is 1. The minimum atomic E-state index is -0.188. The number of nitrogens with zero attached hydrogens (tertiary/aromatic N) is 2. The third kappa shape index (κ3) is 2.16. The van der Waals surface area contributed by atoms with Gasteiger partial charge >= 0.3 is 0 Å². The smallest absolute Gasteiger partial charge is 0.163 e.